The average molecular weight is 181 g/mol. The third kappa shape index (κ3) is 3.02. The first-order valence-electron chi connectivity index (χ1n) is 3.57. The quantitative estimate of drug-likeness (QED) is 0.260. The molecule has 0 bridgehead atoms. The summed E-state index contributed by atoms with van der Waals surface area (Å²) in [6.07, 6.45) is -5.91. The van der Waals surface area contributed by atoms with Gasteiger partial charge in [0.1, 0.15) is 18.3 Å². The molecule has 0 aliphatic heterocycles. The van der Waals surface area contributed by atoms with Crippen molar-refractivity contribution in [2.45, 2.75) is 24.4 Å². The summed E-state index contributed by atoms with van der Waals surface area (Å²) in [5.74, 6) is 0. The molecule has 0 saturated heterocycles. The average Bonchev–Trinajstić information content (AvgIpc) is 2.12. The lowest BCUT2D eigenvalue weighted by Crippen LogP contribution is -2.48. The van der Waals surface area contributed by atoms with Gasteiger partial charge in [-0.1, -0.05) is 0 Å². The maximum Gasteiger partial charge on any atom is 0.111 e. The van der Waals surface area contributed by atoms with Crippen LogP contribution in [0.2, 0.25) is 0 Å². The highest BCUT2D eigenvalue weighted by molar-refractivity contribution is 4.80. The normalized spacial score (nSPS) is 21.5. The van der Waals surface area contributed by atoms with Crippen LogP contribution in [0.5, 0.6) is 0 Å². The zero-order valence-corrected chi connectivity index (χ0v) is 6.54. The molecule has 0 aliphatic rings. The minimum Gasteiger partial charge on any atom is -0.394 e. The van der Waals surface area contributed by atoms with Gasteiger partial charge < -0.3 is 31.3 Å². The van der Waals surface area contributed by atoms with Crippen LogP contribution in [0.3, 0.4) is 0 Å². The minimum atomic E-state index is -1.59. The van der Waals surface area contributed by atoms with Crippen molar-refractivity contribution in [1.82, 2.24) is 0 Å². The van der Waals surface area contributed by atoms with E-state index in [2.05, 4.69) is 0 Å². The van der Waals surface area contributed by atoms with Crippen LogP contribution in [0.25, 0.3) is 0 Å². The van der Waals surface area contributed by atoms with Crippen molar-refractivity contribution in [2.75, 3.05) is 13.2 Å². The molecule has 0 fully saturated rings. The van der Waals surface area contributed by atoms with E-state index in [4.69, 9.17) is 31.3 Å². The molecule has 6 nitrogen and oxygen atoms in total. The van der Waals surface area contributed by atoms with Gasteiger partial charge in [-0.05, 0) is 0 Å². The summed E-state index contributed by atoms with van der Waals surface area (Å²) in [5, 5.41) is 44.2. The van der Waals surface area contributed by atoms with Gasteiger partial charge in [-0.2, -0.15) is 0 Å². The van der Waals surface area contributed by atoms with Crippen molar-refractivity contribution in [3.8, 4) is 0 Å². The van der Waals surface area contributed by atoms with E-state index >= 15 is 0 Å². The Morgan fingerprint density at radius 3 is 1.67 bits per heavy atom. The molecule has 0 unspecified atom stereocenters. The SMILES string of the molecule is NC[C@@H](O)[C@@H](O)[C@H](O)[C@H](O)CO. The van der Waals surface area contributed by atoms with Gasteiger partial charge in [-0.15, -0.1) is 0 Å². The van der Waals surface area contributed by atoms with Crippen molar-refractivity contribution >= 4 is 0 Å². The Hall–Kier alpha value is -0.240. The van der Waals surface area contributed by atoms with Crippen molar-refractivity contribution in [3.63, 3.8) is 0 Å². The highest BCUT2D eigenvalue weighted by atomic mass is 16.4. The Balaban J connectivity index is 3.99. The lowest BCUT2D eigenvalue weighted by molar-refractivity contribution is -0.112. The van der Waals surface area contributed by atoms with Crippen LogP contribution in [0.4, 0.5) is 0 Å². The molecule has 0 rings (SSSR count). The van der Waals surface area contributed by atoms with Gasteiger partial charge in [0, 0.05) is 6.54 Å². The number of hydrogen-bond acceptors (Lipinski definition) is 6. The molecule has 74 valence electrons. The summed E-state index contributed by atoms with van der Waals surface area (Å²) in [5.41, 5.74) is 4.99. The summed E-state index contributed by atoms with van der Waals surface area (Å²) in [6.45, 7) is -0.911. The monoisotopic (exact) mass is 181 g/mol. The van der Waals surface area contributed by atoms with Crippen LogP contribution in [-0.2, 0) is 0 Å². The van der Waals surface area contributed by atoms with Gasteiger partial charge in [0.05, 0.1) is 12.7 Å². The Morgan fingerprint density at radius 1 is 0.917 bits per heavy atom. The van der Waals surface area contributed by atoms with Crippen LogP contribution >= 0.6 is 0 Å². The van der Waals surface area contributed by atoms with Gasteiger partial charge in [0.25, 0.3) is 0 Å². The van der Waals surface area contributed by atoms with Gasteiger partial charge in [0.2, 0.25) is 0 Å². The highest BCUT2D eigenvalue weighted by Gasteiger charge is 2.28. The third-order valence-electron chi connectivity index (χ3n) is 1.57. The maximum atomic E-state index is 9.04. The summed E-state index contributed by atoms with van der Waals surface area (Å²) < 4.78 is 0. The minimum absolute atomic E-state index is 0.226. The fourth-order valence-electron chi connectivity index (χ4n) is 0.703. The Kier molecular flexibility index (Phi) is 5.31. The second-order valence-electron chi connectivity index (χ2n) is 2.53. The van der Waals surface area contributed by atoms with Crippen LogP contribution in [0, 0.1) is 0 Å². The Morgan fingerprint density at radius 2 is 1.33 bits per heavy atom. The molecule has 7 N–H and O–H groups in total. The molecule has 0 spiro atoms. The first-order valence-corrected chi connectivity index (χ1v) is 3.57. The third-order valence-corrected chi connectivity index (χ3v) is 1.57. The topological polar surface area (TPSA) is 127 Å². The molecule has 6 heteroatoms. The molecular weight excluding hydrogens is 166 g/mol. The number of rotatable bonds is 5. The van der Waals surface area contributed by atoms with Gasteiger partial charge >= 0.3 is 0 Å². The molecule has 0 aromatic rings. The van der Waals surface area contributed by atoms with Crippen molar-refractivity contribution < 1.29 is 25.5 Å². The largest absolute Gasteiger partial charge is 0.394 e. The lowest BCUT2D eigenvalue weighted by Gasteiger charge is -2.24. The first-order chi connectivity index (χ1) is 5.54. The van der Waals surface area contributed by atoms with E-state index in [9.17, 15) is 0 Å². The smallest absolute Gasteiger partial charge is 0.111 e. The summed E-state index contributed by atoms with van der Waals surface area (Å²) in [7, 11) is 0. The Bertz CT molecular complexity index is 109. The molecule has 0 saturated carbocycles. The zero-order chi connectivity index (χ0) is 9.72. The summed E-state index contributed by atoms with van der Waals surface area (Å²) >= 11 is 0. The molecule has 0 amide bonds. The van der Waals surface area contributed by atoms with E-state index in [0.717, 1.165) is 0 Å². The number of nitrogens with two attached hydrogens (primary N) is 1. The molecule has 0 heterocycles. The standard InChI is InChI=1S/C6H15NO5/c7-1-3(9)5(11)6(12)4(10)2-8/h3-6,8-12H,1-2,7H2/t3-,4-,5-,6-/m1/s1. The Labute approximate surface area is 69.9 Å². The number of aliphatic hydroxyl groups is 5. The van der Waals surface area contributed by atoms with E-state index < -0.39 is 31.0 Å². The second-order valence-corrected chi connectivity index (χ2v) is 2.53. The van der Waals surface area contributed by atoms with Crippen molar-refractivity contribution in [3.05, 3.63) is 0 Å². The van der Waals surface area contributed by atoms with Crippen molar-refractivity contribution in [2.24, 2.45) is 5.73 Å². The highest BCUT2D eigenvalue weighted by Crippen LogP contribution is 2.03. The van der Waals surface area contributed by atoms with Crippen molar-refractivity contribution in [1.29, 1.82) is 0 Å². The van der Waals surface area contributed by atoms with Gasteiger partial charge in [-0.3, -0.25) is 0 Å². The summed E-state index contributed by atoms with van der Waals surface area (Å²) in [4.78, 5) is 0. The van der Waals surface area contributed by atoms with Crippen LogP contribution < -0.4 is 5.73 Å². The molecule has 0 aromatic heterocycles. The van der Waals surface area contributed by atoms with E-state index in [1.165, 1.54) is 0 Å². The number of aliphatic hydroxyl groups excluding tert-OH is 5. The van der Waals surface area contributed by atoms with E-state index in [0.29, 0.717) is 0 Å². The molecule has 0 radical (unpaired) electrons. The summed E-state index contributed by atoms with van der Waals surface area (Å²) in [6, 6.07) is 0. The van der Waals surface area contributed by atoms with E-state index in [1.807, 2.05) is 0 Å². The lowest BCUT2D eigenvalue weighted by atomic mass is 10.0. The molecule has 4 atom stereocenters. The van der Waals surface area contributed by atoms with Gasteiger partial charge in [-0.25, -0.2) is 0 Å². The predicted octanol–water partition coefficient (Wildman–Crippen LogP) is -3.62. The predicted molar refractivity (Wildman–Crippen MR) is 40.2 cm³/mol. The molecule has 0 aliphatic carbocycles. The van der Waals surface area contributed by atoms with E-state index in [-0.39, 0.29) is 6.54 Å². The second kappa shape index (κ2) is 5.41. The van der Waals surface area contributed by atoms with Crippen LogP contribution in [0.1, 0.15) is 0 Å². The first kappa shape index (κ1) is 11.8. The van der Waals surface area contributed by atoms with Crippen LogP contribution in [-0.4, -0.2) is 63.1 Å². The fraction of sp³-hybridized carbons (Fsp3) is 1.00. The molecule has 0 aromatic carbocycles. The molecular formula is C6H15NO5. The van der Waals surface area contributed by atoms with Gasteiger partial charge in [0.15, 0.2) is 0 Å². The molecule has 12 heavy (non-hydrogen) atoms. The van der Waals surface area contributed by atoms with E-state index in [1.54, 1.807) is 0 Å². The number of hydrogen-bond donors (Lipinski definition) is 6. The maximum absolute atomic E-state index is 9.04. The fourth-order valence-corrected chi connectivity index (χ4v) is 0.703. The zero-order valence-electron chi connectivity index (χ0n) is 6.54. The van der Waals surface area contributed by atoms with Crippen LogP contribution in [0.15, 0.2) is 0 Å².